The molecule has 2 aliphatic rings. The number of aliphatic carboxylic acids is 1. The van der Waals surface area contributed by atoms with Gasteiger partial charge in [-0.1, -0.05) is 0 Å². The molecule has 1 aliphatic heterocycles. The Labute approximate surface area is 118 Å². The molecule has 0 aromatic carbocycles. The molecule has 6 heteroatoms. The number of amides is 2. The zero-order valence-electron chi connectivity index (χ0n) is 12.0. The van der Waals surface area contributed by atoms with E-state index in [2.05, 4.69) is 5.32 Å². The van der Waals surface area contributed by atoms with Crippen LogP contribution >= 0.6 is 0 Å². The maximum Gasteiger partial charge on any atom is 0.305 e. The first-order chi connectivity index (χ1) is 9.38. The van der Waals surface area contributed by atoms with E-state index in [1.165, 1.54) is 0 Å². The Balaban J connectivity index is 1.91. The Morgan fingerprint density at radius 2 is 2.05 bits per heavy atom. The van der Waals surface area contributed by atoms with Crippen LogP contribution in [0, 0.1) is 11.8 Å². The van der Waals surface area contributed by atoms with Gasteiger partial charge in [-0.15, -0.1) is 0 Å². The number of hydrogen-bond donors (Lipinski definition) is 2. The third-order valence-electron chi connectivity index (χ3n) is 4.07. The maximum atomic E-state index is 12.2. The van der Waals surface area contributed by atoms with Crippen LogP contribution in [0.15, 0.2) is 0 Å². The number of carbonyl (C=O) groups is 3. The first-order valence-corrected chi connectivity index (χ1v) is 7.20. The van der Waals surface area contributed by atoms with E-state index in [-0.39, 0.29) is 48.6 Å². The van der Waals surface area contributed by atoms with Crippen LogP contribution in [0.2, 0.25) is 0 Å². The molecule has 112 valence electrons. The number of likely N-dealkylation sites (tertiary alicyclic amines) is 1. The largest absolute Gasteiger partial charge is 0.481 e. The summed E-state index contributed by atoms with van der Waals surface area (Å²) in [6.45, 7) is 4.29. The SMILES string of the molecule is CC(C)N1CC(C(=O)NC(CC(=O)O)C2CC2)CC1=O. The lowest BCUT2D eigenvalue weighted by molar-refractivity contribution is -0.138. The van der Waals surface area contributed by atoms with Gasteiger partial charge in [0, 0.05) is 25.0 Å². The number of nitrogens with zero attached hydrogens (tertiary/aromatic N) is 1. The van der Waals surface area contributed by atoms with Crippen molar-refractivity contribution < 1.29 is 19.5 Å². The summed E-state index contributed by atoms with van der Waals surface area (Å²) in [4.78, 5) is 36.5. The van der Waals surface area contributed by atoms with E-state index in [4.69, 9.17) is 5.11 Å². The highest BCUT2D eigenvalue weighted by Gasteiger charge is 2.39. The minimum absolute atomic E-state index is 0.00126. The van der Waals surface area contributed by atoms with Crippen molar-refractivity contribution in [2.45, 2.75) is 51.6 Å². The summed E-state index contributed by atoms with van der Waals surface area (Å²) < 4.78 is 0. The lowest BCUT2D eigenvalue weighted by atomic mass is 10.0. The van der Waals surface area contributed by atoms with Crippen molar-refractivity contribution in [3.05, 3.63) is 0 Å². The van der Waals surface area contributed by atoms with Gasteiger partial charge in [0.1, 0.15) is 0 Å². The van der Waals surface area contributed by atoms with Crippen LogP contribution in [0.1, 0.15) is 39.5 Å². The van der Waals surface area contributed by atoms with Gasteiger partial charge < -0.3 is 15.3 Å². The van der Waals surface area contributed by atoms with Gasteiger partial charge in [0.2, 0.25) is 11.8 Å². The van der Waals surface area contributed by atoms with Crippen molar-refractivity contribution in [1.82, 2.24) is 10.2 Å². The van der Waals surface area contributed by atoms with Gasteiger partial charge in [0.15, 0.2) is 0 Å². The molecule has 1 saturated carbocycles. The first kappa shape index (κ1) is 14.8. The van der Waals surface area contributed by atoms with Gasteiger partial charge in [0.25, 0.3) is 0 Å². The minimum atomic E-state index is -0.895. The van der Waals surface area contributed by atoms with Crippen LogP contribution in [0.25, 0.3) is 0 Å². The number of carbonyl (C=O) groups excluding carboxylic acids is 2. The second-order valence-corrected chi connectivity index (χ2v) is 6.09. The molecule has 2 N–H and O–H groups in total. The zero-order chi connectivity index (χ0) is 14.9. The molecule has 2 atom stereocenters. The lowest BCUT2D eigenvalue weighted by Crippen LogP contribution is -2.42. The van der Waals surface area contributed by atoms with Crippen LogP contribution in [-0.4, -0.2) is 46.4 Å². The van der Waals surface area contributed by atoms with Crippen LogP contribution in [0.5, 0.6) is 0 Å². The number of carboxylic acids is 1. The van der Waals surface area contributed by atoms with E-state index >= 15 is 0 Å². The van der Waals surface area contributed by atoms with E-state index in [9.17, 15) is 14.4 Å². The van der Waals surface area contributed by atoms with E-state index in [1.807, 2.05) is 13.8 Å². The fourth-order valence-corrected chi connectivity index (χ4v) is 2.73. The predicted molar refractivity (Wildman–Crippen MR) is 71.9 cm³/mol. The molecule has 0 bridgehead atoms. The standard InChI is InChI=1S/C14H22N2O4/c1-8(2)16-7-10(5-12(16)17)14(20)15-11(6-13(18)19)9-3-4-9/h8-11H,3-7H2,1-2H3,(H,15,20)(H,18,19). The highest BCUT2D eigenvalue weighted by Crippen LogP contribution is 2.34. The molecule has 6 nitrogen and oxygen atoms in total. The lowest BCUT2D eigenvalue weighted by Gasteiger charge is -2.22. The molecule has 0 aromatic rings. The van der Waals surface area contributed by atoms with Crippen molar-refractivity contribution in [2.75, 3.05) is 6.54 Å². The molecule has 1 heterocycles. The Bertz CT molecular complexity index is 417. The van der Waals surface area contributed by atoms with Crippen molar-refractivity contribution in [3.8, 4) is 0 Å². The fourth-order valence-electron chi connectivity index (χ4n) is 2.73. The van der Waals surface area contributed by atoms with Crippen molar-refractivity contribution in [2.24, 2.45) is 11.8 Å². The molecule has 1 saturated heterocycles. The summed E-state index contributed by atoms with van der Waals surface area (Å²) in [6, 6.07) is -0.193. The van der Waals surface area contributed by atoms with E-state index in [0.717, 1.165) is 12.8 Å². The Morgan fingerprint density at radius 3 is 2.50 bits per heavy atom. The monoisotopic (exact) mass is 282 g/mol. The molecule has 2 rings (SSSR count). The highest BCUT2D eigenvalue weighted by molar-refractivity contribution is 5.89. The van der Waals surface area contributed by atoms with Gasteiger partial charge in [-0.2, -0.15) is 0 Å². The highest BCUT2D eigenvalue weighted by atomic mass is 16.4. The second-order valence-electron chi connectivity index (χ2n) is 6.09. The first-order valence-electron chi connectivity index (χ1n) is 7.20. The van der Waals surface area contributed by atoms with Gasteiger partial charge in [-0.25, -0.2) is 0 Å². The van der Waals surface area contributed by atoms with Crippen molar-refractivity contribution in [3.63, 3.8) is 0 Å². The maximum absolute atomic E-state index is 12.2. The van der Waals surface area contributed by atoms with Gasteiger partial charge >= 0.3 is 5.97 Å². The smallest absolute Gasteiger partial charge is 0.305 e. The normalized spacial score (nSPS) is 24.1. The topological polar surface area (TPSA) is 86.7 Å². The number of hydrogen-bond acceptors (Lipinski definition) is 3. The van der Waals surface area contributed by atoms with Gasteiger partial charge in [-0.05, 0) is 32.6 Å². The molecule has 2 fully saturated rings. The van der Waals surface area contributed by atoms with Gasteiger partial charge in [-0.3, -0.25) is 14.4 Å². The van der Waals surface area contributed by atoms with Crippen LogP contribution < -0.4 is 5.32 Å². The van der Waals surface area contributed by atoms with E-state index < -0.39 is 5.97 Å². The summed E-state index contributed by atoms with van der Waals surface area (Å²) in [5.41, 5.74) is 0. The number of carboxylic acid groups (broad SMARTS) is 1. The molecular weight excluding hydrogens is 260 g/mol. The molecule has 20 heavy (non-hydrogen) atoms. The molecule has 0 radical (unpaired) electrons. The Morgan fingerprint density at radius 1 is 1.40 bits per heavy atom. The molecular formula is C14H22N2O4. The minimum Gasteiger partial charge on any atom is -0.481 e. The summed E-state index contributed by atoms with van der Waals surface area (Å²) in [6.07, 6.45) is 2.14. The predicted octanol–water partition coefficient (Wildman–Crippen LogP) is 0.613. The van der Waals surface area contributed by atoms with Gasteiger partial charge in [0.05, 0.1) is 12.3 Å². The van der Waals surface area contributed by atoms with Crippen LogP contribution in [0.3, 0.4) is 0 Å². The average Bonchev–Trinajstić information content (AvgIpc) is 3.10. The molecule has 2 amide bonds. The number of nitrogens with one attached hydrogen (secondary N) is 1. The van der Waals surface area contributed by atoms with Crippen LogP contribution in [-0.2, 0) is 14.4 Å². The summed E-state index contributed by atoms with van der Waals surface area (Å²) >= 11 is 0. The molecule has 0 spiro atoms. The second kappa shape index (κ2) is 5.81. The third-order valence-corrected chi connectivity index (χ3v) is 4.07. The quantitative estimate of drug-likeness (QED) is 0.747. The van der Waals surface area contributed by atoms with Crippen LogP contribution in [0.4, 0.5) is 0 Å². The number of rotatable bonds is 6. The Kier molecular flexibility index (Phi) is 4.30. The average molecular weight is 282 g/mol. The summed E-state index contributed by atoms with van der Waals surface area (Å²) in [7, 11) is 0. The third kappa shape index (κ3) is 3.49. The van der Waals surface area contributed by atoms with Crippen molar-refractivity contribution >= 4 is 17.8 Å². The Hall–Kier alpha value is -1.59. The fraction of sp³-hybridized carbons (Fsp3) is 0.786. The molecule has 0 aromatic heterocycles. The molecule has 2 unspecified atom stereocenters. The van der Waals surface area contributed by atoms with E-state index in [0.29, 0.717) is 6.54 Å². The van der Waals surface area contributed by atoms with Crippen molar-refractivity contribution in [1.29, 1.82) is 0 Å². The molecule has 1 aliphatic carbocycles. The summed E-state index contributed by atoms with van der Waals surface area (Å²) in [5.74, 6) is -1.14. The zero-order valence-corrected chi connectivity index (χ0v) is 12.0. The summed E-state index contributed by atoms with van der Waals surface area (Å²) in [5, 5.41) is 11.7. The van der Waals surface area contributed by atoms with E-state index in [1.54, 1.807) is 4.90 Å².